The van der Waals surface area contributed by atoms with Gasteiger partial charge >= 0.3 is 0 Å². The van der Waals surface area contributed by atoms with Crippen LogP contribution in [0.3, 0.4) is 0 Å². The van der Waals surface area contributed by atoms with Gasteiger partial charge in [0.25, 0.3) is 11.8 Å². The Morgan fingerprint density at radius 3 is 2.63 bits per heavy atom. The Balaban J connectivity index is 2.14. The summed E-state index contributed by atoms with van der Waals surface area (Å²) in [5, 5.41) is 0. The van der Waals surface area contributed by atoms with Crippen LogP contribution in [0.5, 0.6) is 0 Å². The van der Waals surface area contributed by atoms with Crippen molar-refractivity contribution in [1.82, 2.24) is 4.98 Å². The van der Waals surface area contributed by atoms with Crippen LogP contribution < -0.4 is 4.90 Å². The number of halogens is 1. The Hall–Kier alpha value is -2.01. The fourth-order valence-electron chi connectivity index (χ4n) is 2.08. The van der Waals surface area contributed by atoms with Crippen molar-refractivity contribution >= 4 is 33.4 Å². The topological polar surface area (TPSA) is 50.3 Å². The molecule has 5 heteroatoms. The number of anilines is 1. The second-order valence-electron chi connectivity index (χ2n) is 4.30. The fraction of sp³-hybridized carbons (Fsp3) is 0.0714. The fourth-order valence-corrected chi connectivity index (χ4v) is 2.75. The molecule has 0 spiro atoms. The molecule has 0 atom stereocenters. The van der Waals surface area contributed by atoms with Crippen LogP contribution >= 0.6 is 15.9 Å². The highest BCUT2D eigenvalue weighted by molar-refractivity contribution is 9.10. The molecule has 0 N–H and O–H groups in total. The number of fused-ring (bicyclic) bond motifs is 1. The van der Waals surface area contributed by atoms with Crippen molar-refractivity contribution in [1.29, 1.82) is 0 Å². The summed E-state index contributed by atoms with van der Waals surface area (Å²) in [6.45, 7) is 1.94. The van der Waals surface area contributed by atoms with Crippen molar-refractivity contribution in [3.05, 3.63) is 57.8 Å². The van der Waals surface area contributed by atoms with Crippen molar-refractivity contribution in [2.24, 2.45) is 0 Å². The maximum Gasteiger partial charge on any atom is 0.284 e. The molecule has 0 aliphatic carbocycles. The molecule has 0 radical (unpaired) electrons. The average Bonchev–Trinajstić information content (AvgIpc) is 2.64. The second kappa shape index (κ2) is 4.28. The third-order valence-electron chi connectivity index (χ3n) is 2.99. The van der Waals surface area contributed by atoms with Crippen LogP contribution in [-0.4, -0.2) is 16.8 Å². The molecule has 2 aromatic rings. The minimum Gasteiger partial charge on any atom is -0.268 e. The molecule has 0 saturated heterocycles. The van der Waals surface area contributed by atoms with Crippen LogP contribution in [0.15, 0.2) is 41.0 Å². The van der Waals surface area contributed by atoms with Gasteiger partial charge in [-0.1, -0.05) is 6.07 Å². The van der Waals surface area contributed by atoms with Crippen molar-refractivity contribution in [3.8, 4) is 0 Å². The third-order valence-corrected chi connectivity index (χ3v) is 3.63. The van der Waals surface area contributed by atoms with Crippen LogP contribution in [0.25, 0.3) is 0 Å². The standard InChI is InChI=1S/C14H9BrN2O2/c1-8-4-5-11(10(15)7-8)17-13(18)9-3-2-6-16-12(9)14(17)19/h2-7H,1H3. The Bertz CT molecular complexity index is 677. The quantitative estimate of drug-likeness (QED) is 0.760. The summed E-state index contributed by atoms with van der Waals surface area (Å²) in [6.07, 6.45) is 1.51. The number of benzene rings is 1. The smallest absolute Gasteiger partial charge is 0.268 e. The van der Waals surface area contributed by atoms with E-state index >= 15 is 0 Å². The minimum absolute atomic E-state index is 0.208. The average molecular weight is 317 g/mol. The molecule has 1 aromatic carbocycles. The maximum absolute atomic E-state index is 12.3. The van der Waals surface area contributed by atoms with E-state index in [4.69, 9.17) is 0 Å². The molecule has 94 valence electrons. The molecule has 0 bridgehead atoms. The summed E-state index contributed by atoms with van der Waals surface area (Å²) < 4.78 is 0.710. The monoisotopic (exact) mass is 316 g/mol. The highest BCUT2D eigenvalue weighted by Crippen LogP contribution is 2.33. The lowest BCUT2D eigenvalue weighted by Crippen LogP contribution is -2.29. The summed E-state index contributed by atoms with van der Waals surface area (Å²) in [5.41, 5.74) is 2.14. The van der Waals surface area contributed by atoms with Gasteiger partial charge in [0.2, 0.25) is 0 Å². The molecule has 4 nitrogen and oxygen atoms in total. The van der Waals surface area contributed by atoms with Crippen LogP contribution in [-0.2, 0) is 0 Å². The van der Waals surface area contributed by atoms with E-state index in [0.29, 0.717) is 15.7 Å². The van der Waals surface area contributed by atoms with E-state index in [1.54, 1.807) is 18.2 Å². The van der Waals surface area contributed by atoms with Crippen LogP contribution in [0.2, 0.25) is 0 Å². The van der Waals surface area contributed by atoms with Gasteiger partial charge in [0.15, 0.2) is 0 Å². The number of pyridine rings is 1. The van der Waals surface area contributed by atoms with E-state index in [2.05, 4.69) is 20.9 Å². The first-order valence-corrected chi connectivity index (χ1v) is 6.49. The van der Waals surface area contributed by atoms with Crippen molar-refractivity contribution in [3.63, 3.8) is 0 Å². The number of aryl methyl sites for hydroxylation is 1. The van der Waals surface area contributed by atoms with Gasteiger partial charge in [0.05, 0.1) is 11.3 Å². The molecule has 2 amide bonds. The van der Waals surface area contributed by atoms with Gasteiger partial charge in [-0.15, -0.1) is 0 Å². The maximum atomic E-state index is 12.3. The zero-order valence-electron chi connectivity index (χ0n) is 10.1. The number of hydrogen-bond acceptors (Lipinski definition) is 3. The number of aromatic nitrogens is 1. The number of carbonyl (C=O) groups is 2. The molecule has 0 fully saturated rings. The number of hydrogen-bond donors (Lipinski definition) is 0. The summed E-state index contributed by atoms with van der Waals surface area (Å²) in [6, 6.07) is 8.74. The lowest BCUT2D eigenvalue weighted by molar-refractivity contribution is 0.0924. The zero-order valence-corrected chi connectivity index (χ0v) is 11.6. The lowest BCUT2D eigenvalue weighted by Gasteiger charge is -2.15. The summed E-state index contributed by atoms with van der Waals surface area (Å²) in [5.74, 6) is -0.720. The Kier molecular flexibility index (Phi) is 2.71. The molecule has 1 aliphatic heterocycles. The molecular formula is C14H9BrN2O2. The van der Waals surface area contributed by atoms with Gasteiger partial charge in [-0.25, -0.2) is 4.90 Å². The number of carbonyl (C=O) groups excluding carboxylic acids is 2. The Morgan fingerprint density at radius 1 is 1.16 bits per heavy atom. The molecule has 0 unspecified atom stereocenters. The lowest BCUT2D eigenvalue weighted by atomic mass is 10.2. The van der Waals surface area contributed by atoms with Gasteiger partial charge in [-0.05, 0) is 52.7 Å². The van der Waals surface area contributed by atoms with Gasteiger partial charge in [0, 0.05) is 10.7 Å². The minimum atomic E-state index is -0.384. The first-order valence-electron chi connectivity index (χ1n) is 5.69. The molecule has 2 heterocycles. The first-order chi connectivity index (χ1) is 9.09. The van der Waals surface area contributed by atoms with E-state index in [1.165, 1.54) is 6.20 Å². The number of rotatable bonds is 1. The summed E-state index contributed by atoms with van der Waals surface area (Å²) >= 11 is 3.39. The van der Waals surface area contributed by atoms with Crippen molar-refractivity contribution in [2.75, 3.05) is 4.90 Å². The van der Waals surface area contributed by atoms with Gasteiger partial charge < -0.3 is 0 Å². The Morgan fingerprint density at radius 2 is 1.95 bits per heavy atom. The normalized spacial score (nSPS) is 13.9. The van der Waals surface area contributed by atoms with E-state index in [-0.39, 0.29) is 17.5 Å². The Labute approximate surface area is 118 Å². The van der Waals surface area contributed by atoms with Crippen LogP contribution in [0.4, 0.5) is 5.69 Å². The molecule has 19 heavy (non-hydrogen) atoms. The van der Waals surface area contributed by atoms with Crippen molar-refractivity contribution in [2.45, 2.75) is 6.92 Å². The predicted molar refractivity (Wildman–Crippen MR) is 74.3 cm³/mol. The number of amides is 2. The zero-order chi connectivity index (χ0) is 13.6. The largest absolute Gasteiger partial charge is 0.284 e. The van der Waals surface area contributed by atoms with Gasteiger partial charge in [-0.3, -0.25) is 14.6 Å². The van der Waals surface area contributed by atoms with E-state index in [9.17, 15) is 9.59 Å². The SMILES string of the molecule is Cc1ccc(N2C(=O)c3cccnc3C2=O)c(Br)c1. The molecule has 1 aromatic heterocycles. The van der Waals surface area contributed by atoms with Gasteiger partial charge in [-0.2, -0.15) is 0 Å². The molecular weight excluding hydrogens is 308 g/mol. The van der Waals surface area contributed by atoms with Crippen LogP contribution in [0.1, 0.15) is 26.4 Å². The molecule has 3 rings (SSSR count). The van der Waals surface area contributed by atoms with Crippen LogP contribution in [0, 0.1) is 6.92 Å². The highest BCUT2D eigenvalue weighted by Gasteiger charge is 2.38. The molecule has 0 saturated carbocycles. The second-order valence-corrected chi connectivity index (χ2v) is 5.15. The third kappa shape index (κ3) is 1.77. The van der Waals surface area contributed by atoms with E-state index in [1.807, 2.05) is 19.1 Å². The number of nitrogens with zero attached hydrogens (tertiary/aromatic N) is 2. The van der Waals surface area contributed by atoms with Gasteiger partial charge in [0.1, 0.15) is 5.69 Å². The predicted octanol–water partition coefficient (Wildman–Crippen LogP) is 2.95. The van der Waals surface area contributed by atoms with Crippen molar-refractivity contribution < 1.29 is 9.59 Å². The number of imide groups is 1. The highest BCUT2D eigenvalue weighted by atomic mass is 79.9. The summed E-state index contributed by atoms with van der Waals surface area (Å²) in [7, 11) is 0. The van der Waals surface area contributed by atoms with E-state index in [0.717, 1.165) is 10.5 Å². The summed E-state index contributed by atoms with van der Waals surface area (Å²) in [4.78, 5) is 29.7. The molecule has 1 aliphatic rings. The van der Waals surface area contributed by atoms with E-state index < -0.39 is 0 Å². The first kappa shape index (κ1) is 12.0.